The van der Waals surface area contributed by atoms with Gasteiger partial charge in [0.05, 0.1) is 5.69 Å². The standard InChI is InChI=1S/C10H9Cl2N3S/c1-6(7-2-3-16-5-7)13-8-4-9(11)14-15-10(8)12/h2-6H,1H3,(H,13,14). The van der Waals surface area contributed by atoms with E-state index in [1.54, 1.807) is 17.4 Å². The van der Waals surface area contributed by atoms with E-state index in [9.17, 15) is 0 Å². The number of thiophene rings is 1. The summed E-state index contributed by atoms with van der Waals surface area (Å²) in [5, 5.41) is 15.4. The second-order valence-electron chi connectivity index (χ2n) is 3.29. The SMILES string of the molecule is CC(Nc1cc(Cl)nnc1Cl)c1ccsc1. The maximum atomic E-state index is 5.91. The van der Waals surface area contributed by atoms with E-state index in [2.05, 4.69) is 27.0 Å². The Morgan fingerprint density at radius 3 is 2.88 bits per heavy atom. The molecule has 1 N–H and O–H groups in total. The molecule has 2 heterocycles. The Bertz CT molecular complexity index is 473. The van der Waals surface area contributed by atoms with Crippen LogP contribution in [0.4, 0.5) is 5.69 Å². The van der Waals surface area contributed by atoms with E-state index in [1.165, 1.54) is 5.56 Å². The maximum Gasteiger partial charge on any atom is 0.174 e. The van der Waals surface area contributed by atoms with Crippen LogP contribution in [0.3, 0.4) is 0 Å². The second kappa shape index (κ2) is 4.99. The third-order valence-electron chi connectivity index (χ3n) is 2.13. The maximum absolute atomic E-state index is 5.91. The molecule has 0 spiro atoms. The molecule has 3 nitrogen and oxygen atoms in total. The Morgan fingerprint density at radius 2 is 2.19 bits per heavy atom. The van der Waals surface area contributed by atoms with Crippen molar-refractivity contribution in [2.24, 2.45) is 0 Å². The van der Waals surface area contributed by atoms with Crippen LogP contribution in [0.2, 0.25) is 10.3 Å². The summed E-state index contributed by atoms with van der Waals surface area (Å²) in [5.74, 6) is 0. The van der Waals surface area contributed by atoms with Crippen LogP contribution < -0.4 is 5.32 Å². The Kier molecular flexibility index (Phi) is 3.63. The fraction of sp³-hybridized carbons (Fsp3) is 0.200. The first-order valence-electron chi connectivity index (χ1n) is 4.64. The van der Waals surface area contributed by atoms with Gasteiger partial charge in [-0.3, -0.25) is 0 Å². The van der Waals surface area contributed by atoms with Crippen LogP contribution in [0.5, 0.6) is 0 Å². The predicted octanol–water partition coefficient (Wildman–Crippen LogP) is 4.02. The number of anilines is 1. The zero-order valence-electron chi connectivity index (χ0n) is 8.45. The summed E-state index contributed by atoms with van der Waals surface area (Å²) in [6, 6.07) is 3.88. The average molecular weight is 274 g/mol. The van der Waals surface area contributed by atoms with Crippen LogP contribution in [0.15, 0.2) is 22.9 Å². The lowest BCUT2D eigenvalue weighted by Gasteiger charge is -2.14. The van der Waals surface area contributed by atoms with Gasteiger partial charge in [-0.1, -0.05) is 23.2 Å². The van der Waals surface area contributed by atoms with E-state index in [-0.39, 0.29) is 6.04 Å². The van der Waals surface area contributed by atoms with E-state index in [4.69, 9.17) is 23.2 Å². The fourth-order valence-corrected chi connectivity index (χ4v) is 2.34. The molecule has 0 fully saturated rings. The van der Waals surface area contributed by atoms with Crippen molar-refractivity contribution in [3.63, 3.8) is 0 Å². The number of nitrogens with zero attached hydrogens (tertiary/aromatic N) is 2. The van der Waals surface area contributed by atoms with Gasteiger partial charge in [-0.15, -0.1) is 10.2 Å². The molecule has 6 heteroatoms. The monoisotopic (exact) mass is 273 g/mol. The van der Waals surface area contributed by atoms with Crippen molar-refractivity contribution >= 4 is 40.2 Å². The van der Waals surface area contributed by atoms with Gasteiger partial charge in [-0.2, -0.15) is 11.3 Å². The molecule has 0 bridgehead atoms. The highest BCUT2D eigenvalue weighted by Gasteiger charge is 2.09. The van der Waals surface area contributed by atoms with Gasteiger partial charge in [-0.25, -0.2) is 0 Å². The number of halogens is 2. The quantitative estimate of drug-likeness (QED) is 0.918. The van der Waals surface area contributed by atoms with Crippen molar-refractivity contribution in [1.82, 2.24) is 10.2 Å². The first kappa shape index (κ1) is 11.6. The van der Waals surface area contributed by atoms with Crippen molar-refractivity contribution in [3.8, 4) is 0 Å². The molecule has 1 unspecified atom stereocenters. The third-order valence-corrected chi connectivity index (χ3v) is 3.30. The minimum Gasteiger partial charge on any atom is -0.376 e. The normalized spacial score (nSPS) is 12.4. The molecule has 0 saturated carbocycles. The zero-order chi connectivity index (χ0) is 11.5. The van der Waals surface area contributed by atoms with Gasteiger partial charge in [0.25, 0.3) is 0 Å². The number of hydrogen-bond donors (Lipinski definition) is 1. The van der Waals surface area contributed by atoms with E-state index in [1.807, 2.05) is 12.3 Å². The van der Waals surface area contributed by atoms with Crippen molar-refractivity contribution in [2.75, 3.05) is 5.32 Å². The molecule has 2 aromatic heterocycles. The molecule has 0 aliphatic heterocycles. The Morgan fingerprint density at radius 1 is 1.38 bits per heavy atom. The van der Waals surface area contributed by atoms with Crippen LogP contribution in [0.1, 0.15) is 18.5 Å². The number of hydrogen-bond acceptors (Lipinski definition) is 4. The van der Waals surface area contributed by atoms with Gasteiger partial charge in [0.15, 0.2) is 10.3 Å². The van der Waals surface area contributed by atoms with Crippen molar-refractivity contribution < 1.29 is 0 Å². The number of rotatable bonds is 3. The van der Waals surface area contributed by atoms with Crippen LogP contribution in [-0.2, 0) is 0 Å². The van der Waals surface area contributed by atoms with Gasteiger partial charge in [0.2, 0.25) is 0 Å². The highest BCUT2D eigenvalue weighted by molar-refractivity contribution is 7.08. The van der Waals surface area contributed by atoms with Crippen LogP contribution in [0.25, 0.3) is 0 Å². The molecule has 0 amide bonds. The molecule has 0 saturated heterocycles. The van der Waals surface area contributed by atoms with Crippen LogP contribution in [-0.4, -0.2) is 10.2 Å². The van der Waals surface area contributed by atoms with Crippen molar-refractivity contribution in [1.29, 1.82) is 0 Å². The first-order valence-corrected chi connectivity index (χ1v) is 6.34. The topological polar surface area (TPSA) is 37.8 Å². The lowest BCUT2D eigenvalue weighted by Crippen LogP contribution is -2.06. The summed E-state index contributed by atoms with van der Waals surface area (Å²) < 4.78 is 0. The first-order chi connectivity index (χ1) is 7.66. The molecular formula is C10H9Cl2N3S. The Balaban J connectivity index is 2.17. The molecule has 2 aromatic rings. The molecule has 0 aliphatic carbocycles. The molecule has 0 radical (unpaired) electrons. The van der Waals surface area contributed by atoms with Crippen molar-refractivity contribution in [2.45, 2.75) is 13.0 Å². The van der Waals surface area contributed by atoms with E-state index < -0.39 is 0 Å². The number of nitrogens with one attached hydrogen (secondary N) is 1. The summed E-state index contributed by atoms with van der Waals surface area (Å²) in [4.78, 5) is 0. The summed E-state index contributed by atoms with van der Waals surface area (Å²) in [6.07, 6.45) is 0. The average Bonchev–Trinajstić information content (AvgIpc) is 2.76. The Labute approximate surface area is 107 Å². The summed E-state index contributed by atoms with van der Waals surface area (Å²) >= 11 is 13.3. The smallest absolute Gasteiger partial charge is 0.174 e. The van der Waals surface area contributed by atoms with Crippen LogP contribution in [0, 0.1) is 0 Å². The third kappa shape index (κ3) is 2.64. The van der Waals surface area contributed by atoms with Gasteiger partial charge in [0, 0.05) is 12.1 Å². The van der Waals surface area contributed by atoms with E-state index in [0.717, 1.165) is 0 Å². The minimum absolute atomic E-state index is 0.156. The highest BCUT2D eigenvalue weighted by atomic mass is 35.5. The second-order valence-corrected chi connectivity index (χ2v) is 4.82. The molecule has 0 aliphatic rings. The fourth-order valence-electron chi connectivity index (χ4n) is 1.29. The lowest BCUT2D eigenvalue weighted by atomic mass is 10.2. The molecular weight excluding hydrogens is 265 g/mol. The molecule has 84 valence electrons. The number of aromatic nitrogens is 2. The van der Waals surface area contributed by atoms with Crippen molar-refractivity contribution in [3.05, 3.63) is 38.8 Å². The molecule has 1 atom stereocenters. The van der Waals surface area contributed by atoms with E-state index in [0.29, 0.717) is 16.0 Å². The largest absolute Gasteiger partial charge is 0.376 e. The van der Waals surface area contributed by atoms with E-state index >= 15 is 0 Å². The summed E-state index contributed by atoms with van der Waals surface area (Å²) in [7, 11) is 0. The zero-order valence-corrected chi connectivity index (χ0v) is 10.8. The molecule has 16 heavy (non-hydrogen) atoms. The van der Waals surface area contributed by atoms with Gasteiger partial charge >= 0.3 is 0 Å². The summed E-state index contributed by atoms with van der Waals surface area (Å²) in [6.45, 7) is 2.05. The van der Waals surface area contributed by atoms with Gasteiger partial charge in [-0.05, 0) is 29.3 Å². The lowest BCUT2D eigenvalue weighted by molar-refractivity contribution is 0.883. The predicted molar refractivity (Wildman–Crippen MR) is 68.4 cm³/mol. The Hall–Kier alpha value is -0.840. The molecule has 2 rings (SSSR count). The van der Waals surface area contributed by atoms with Crippen LogP contribution >= 0.6 is 34.5 Å². The minimum atomic E-state index is 0.156. The van der Waals surface area contributed by atoms with Gasteiger partial charge in [0.1, 0.15) is 0 Å². The molecule has 0 aromatic carbocycles. The summed E-state index contributed by atoms with van der Waals surface area (Å²) in [5.41, 5.74) is 1.90. The van der Waals surface area contributed by atoms with Gasteiger partial charge < -0.3 is 5.32 Å². The highest BCUT2D eigenvalue weighted by Crippen LogP contribution is 2.26.